The molecule has 170 valence electrons. The number of hydrogen-bond acceptors (Lipinski definition) is 5. The highest BCUT2D eigenvalue weighted by molar-refractivity contribution is 8.26. The summed E-state index contributed by atoms with van der Waals surface area (Å²) < 4.78 is 0.465. The first kappa shape index (κ1) is 23.2. The minimum absolute atomic E-state index is 0.150. The Kier molecular flexibility index (Phi) is 6.67. The number of nitrogens with one attached hydrogen (secondary N) is 1. The van der Waals surface area contributed by atoms with Crippen molar-refractivity contribution in [2.45, 2.75) is 33.6 Å². The topological polar surface area (TPSA) is 69.7 Å². The van der Waals surface area contributed by atoms with E-state index in [1.165, 1.54) is 4.90 Å². The number of anilines is 2. The molecule has 0 bridgehead atoms. The Hall–Kier alpha value is -2.97. The van der Waals surface area contributed by atoms with Gasteiger partial charge in [0.25, 0.3) is 11.8 Å². The molecular weight excluding hydrogens is 454 g/mol. The fraction of sp³-hybridized carbons (Fsp3) is 0.280. The molecule has 6 nitrogen and oxygen atoms in total. The second-order valence-corrected chi connectivity index (χ2v) is 9.80. The third kappa shape index (κ3) is 4.45. The predicted octanol–water partition coefficient (Wildman–Crippen LogP) is 4.66. The largest absolute Gasteiger partial charge is 0.324 e. The zero-order valence-corrected chi connectivity index (χ0v) is 20.4. The van der Waals surface area contributed by atoms with Crippen LogP contribution in [-0.4, -0.2) is 40.0 Å². The summed E-state index contributed by atoms with van der Waals surface area (Å²) in [7, 11) is 0. The van der Waals surface area contributed by atoms with Crippen LogP contribution in [0.5, 0.6) is 0 Å². The quantitative estimate of drug-likeness (QED) is 0.482. The van der Waals surface area contributed by atoms with Crippen molar-refractivity contribution in [1.29, 1.82) is 0 Å². The van der Waals surface area contributed by atoms with Crippen molar-refractivity contribution in [3.63, 3.8) is 0 Å². The number of thioether (sulfide) groups is 1. The van der Waals surface area contributed by atoms with Crippen molar-refractivity contribution in [2.24, 2.45) is 0 Å². The van der Waals surface area contributed by atoms with Gasteiger partial charge in [-0.05, 0) is 43.5 Å². The summed E-state index contributed by atoms with van der Waals surface area (Å²) in [4.78, 5) is 42.8. The fourth-order valence-electron chi connectivity index (χ4n) is 3.92. The minimum Gasteiger partial charge on any atom is -0.324 e. The van der Waals surface area contributed by atoms with Gasteiger partial charge in [-0.2, -0.15) is 0 Å². The summed E-state index contributed by atoms with van der Waals surface area (Å²) in [6.07, 6.45) is 1.78. The molecule has 0 spiro atoms. The molecule has 1 saturated heterocycles. The highest BCUT2D eigenvalue weighted by Gasteiger charge is 2.42. The fourth-order valence-corrected chi connectivity index (χ4v) is 5.30. The molecule has 0 aliphatic carbocycles. The van der Waals surface area contributed by atoms with Crippen molar-refractivity contribution in [3.05, 3.63) is 64.1 Å². The van der Waals surface area contributed by atoms with E-state index in [-0.39, 0.29) is 24.3 Å². The first-order chi connectivity index (χ1) is 15.8. The van der Waals surface area contributed by atoms with Gasteiger partial charge in [0.1, 0.15) is 10.9 Å². The number of carbonyl (C=O) groups is 3. The van der Waals surface area contributed by atoms with Crippen molar-refractivity contribution >= 4 is 63.0 Å². The average molecular weight is 480 g/mol. The number of benzene rings is 2. The molecule has 0 aromatic heterocycles. The standard InChI is InChI=1S/C25H25N3O3S2/c1-4-5-12-27-24(31)22(33-25(27)32)21-17-8-6-7-9-19(17)28(23(21)30)14-20(29)26-18-13-15(2)10-11-16(18)3/h6-11,13H,4-5,12,14H2,1-3H3,(H,26,29)/b22-21-. The number of amides is 3. The van der Waals surface area contributed by atoms with Crippen LogP contribution < -0.4 is 10.2 Å². The molecule has 4 rings (SSSR count). The van der Waals surface area contributed by atoms with E-state index in [0.29, 0.717) is 32.6 Å². The van der Waals surface area contributed by atoms with Crippen LogP contribution in [0.1, 0.15) is 36.5 Å². The van der Waals surface area contributed by atoms with Gasteiger partial charge in [-0.3, -0.25) is 24.2 Å². The number of unbranched alkanes of at least 4 members (excludes halogenated alkanes) is 1. The molecule has 0 radical (unpaired) electrons. The second kappa shape index (κ2) is 9.49. The molecule has 0 saturated carbocycles. The van der Waals surface area contributed by atoms with Gasteiger partial charge in [-0.15, -0.1) is 0 Å². The molecule has 0 atom stereocenters. The van der Waals surface area contributed by atoms with Crippen LogP contribution in [0.15, 0.2) is 47.4 Å². The van der Waals surface area contributed by atoms with E-state index in [4.69, 9.17) is 12.2 Å². The first-order valence-electron chi connectivity index (χ1n) is 10.9. The Balaban J connectivity index is 1.63. The van der Waals surface area contributed by atoms with Crippen LogP contribution in [0.2, 0.25) is 0 Å². The lowest BCUT2D eigenvalue weighted by molar-refractivity contribution is -0.122. The maximum atomic E-state index is 13.5. The van der Waals surface area contributed by atoms with E-state index in [1.54, 1.807) is 11.0 Å². The molecule has 2 aromatic carbocycles. The molecule has 0 unspecified atom stereocenters. The normalized spacial score (nSPS) is 17.7. The molecule has 2 aliphatic rings. The average Bonchev–Trinajstić information content (AvgIpc) is 3.21. The number of rotatable bonds is 6. The van der Waals surface area contributed by atoms with Gasteiger partial charge >= 0.3 is 0 Å². The van der Waals surface area contributed by atoms with Gasteiger partial charge in [0.05, 0.1) is 16.2 Å². The Morgan fingerprint density at radius 3 is 2.58 bits per heavy atom. The molecule has 3 amide bonds. The summed E-state index contributed by atoms with van der Waals surface area (Å²) in [6, 6.07) is 13.1. The number of para-hydroxylation sites is 1. The molecule has 33 heavy (non-hydrogen) atoms. The maximum Gasteiger partial charge on any atom is 0.267 e. The van der Waals surface area contributed by atoms with Crippen LogP contribution >= 0.6 is 24.0 Å². The molecule has 8 heteroatoms. The Morgan fingerprint density at radius 2 is 1.82 bits per heavy atom. The minimum atomic E-state index is -0.358. The lowest BCUT2D eigenvalue weighted by Crippen LogP contribution is -2.35. The van der Waals surface area contributed by atoms with E-state index in [9.17, 15) is 14.4 Å². The van der Waals surface area contributed by atoms with Gasteiger partial charge in [0.15, 0.2) is 0 Å². The zero-order chi connectivity index (χ0) is 23.7. The van der Waals surface area contributed by atoms with E-state index in [0.717, 1.165) is 41.4 Å². The Morgan fingerprint density at radius 1 is 1.06 bits per heavy atom. The SMILES string of the molecule is CCCCN1C(=O)/C(=C2/C(=O)N(CC(=O)Nc3cc(C)ccc3C)c3ccccc32)SC1=S. The number of fused-ring (bicyclic) bond motifs is 1. The summed E-state index contributed by atoms with van der Waals surface area (Å²) in [5.41, 5.74) is 4.29. The van der Waals surface area contributed by atoms with Gasteiger partial charge in [0.2, 0.25) is 5.91 Å². The molecule has 2 heterocycles. The number of thiocarbonyl (C=S) groups is 1. The third-order valence-electron chi connectivity index (χ3n) is 5.70. The van der Waals surface area contributed by atoms with Gasteiger partial charge in [-0.1, -0.05) is 67.7 Å². The van der Waals surface area contributed by atoms with Crippen molar-refractivity contribution < 1.29 is 14.4 Å². The summed E-state index contributed by atoms with van der Waals surface area (Å²) in [6.45, 7) is 6.31. The van der Waals surface area contributed by atoms with Crippen LogP contribution in [0.3, 0.4) is 0 Å². The molecule has 1 fully saturated rings. The van der Waals surface area contributed by atoms with Crippen LogP contribution in [0.25, 0.3) is 5.57 Å². The van der Waals surface area contributed by atoms with Gasteiger partial charge < -0.3 is 5.32 Å². The monoisotopic (exact) mass is 479 g/mol. The van der Waals surface area contributed by atoms with Crippen LogP contribution in [0.4, 0.5) is 11.4 Å². The predicted molar refractivity (Wildman–Crippen MR) is 137 cm³/mol. The van der Waals surface area contributed by atoms with Crippen LogP contribution in [0, 0.1) is 13.8 Å². The van der Waals surface area contributed by atoms with E-state index in [1.807, 2.05) is 57.2 Å². The highest BCUT2D eigenvalue weighted by Crippen LogP contribution is 2.44. The maximum absolute atomic E-state index is 13.5. The number of hydrogen-bond donors (Lipinski definition) is 1. The third-order valence-corrected chi connectivity index (χ3v) is 7.15. The molecule has 2 aromatic rings. The smallest absolute Gasteiger partial charge is 0.267 e. The van der Waals surface area contributed by atoms with Gasteiger partial charge in [-0.25, -0.2) is 0 Å². The van der Waals surface area contributed by atoms with Crippen molar-refractivity contribution in [2.75, 3.05) is 23.3 Å². The number of nitrogens with zero attached hydrogens (tertiary/aromatic N) is 2. The number of carbonyl (C=O) groups excluding carboxylic acids is 3. The Bertz CT molecular complexity index is 1210. The second-order valence-electron chi connectivity index (χ2n) is 8.16. The van der Waals surface area contributed by atoms with E-state index >= 15 is 0 Å². The highest BCUT2D eigenvalue weighted by atomic mass is 32.2. The molecular formula is C25H25N3O3S2. The lowest BCUT2D eigenvalue weighted by Gasteiger charge is -2.17. The lowest BCUT2D eigenvalue weighted by atomic mass is 10.1. The van der Waals surface area contributed by atoms with E-state index < -0.39 is 0 Å². The van der Waals surface area contributed by atoms with E-state index in [2.05, 4.69) is 5.32 Å². The zero-order valence-electron chi connectivity index (χ0n) is 18.8. The molecule has 2 aliphatic heterocycles. The van der Waals surface area contributed by atoms with Crippen molar-refractivity contribution in [3.8, 4) is 0 Å². The Labute approximate surface area is 203 Å². The summed E-state index contributed by atoms with van der Waals surface area (Å²) >= 11 is 6.58. The first-order valence-corrected chi connectivity index (χ1v) is 12.1. The van der Waals surface area contributed by atoms with Gasteiger partial charge in [0, 0.05) is 17.8 Å². The van der Waals surface area contributed by atoms with Crippen molar-refractivity contribution in [1.82, 2.24) is 4.90 Å². The molecule has 1 N–H and O–H groups in total. The summed E-state index contributed by atoms with van der Waals surface area (Å²) in [5.74, 6) is -0.898. The van der Waals surface area contributed by atoms with Crippen LogP contribution in [-0.2, 0) is 14.4 Å². The summed E-state index contributed by atoms with van der Waals surface area (Å²) in [5, 5.41) is 2.91. The number of aryl methyl sites for hydroxylation is 2.